The van der Waals surface area contributed by atoms with Gasteiger partial charge in [-0.25, -0.2) is 0 Å². The Hall–Kier alpha value is -0.460. The molecule has 2 aliphatic rings. The zero-order valence-electron chi connectivity index (χ0n) is 16.9. The fourth-order valence-corrected chi connectivity index (χ4v) is 4.98. The van der Waals surface area contributed by atoms with Gasteiger partial charge in [0.25, 0.3) is 0 Å². The van der Waals surface area contributed by atoms with E-state index < -0.39 is 0 Å². The molecule has 0 bridgehead atoms. The molecule has 1 atom stereocenters. The summed E-state index contributed by atoms with van der Waals surface area (Å²) in [7, 11) is 3.64. The molecule has 1 aliphatic heterocycles. The second-order valence-electron chi connectivity index (χ2n) is 8.43. The number of hydrogen-bond donors (Lipinski definition) is 2. The van der Waals surface area contributed by atoms with Crippen molar-refractivity contribution >= 4 is 17.7 Å². The minimum Gasteiger partial charge on any atom is -0.379 e. The molecule has 0 aromatic heterocycles. The number of methoxy groups -OCH3 is 1. The van der Waals surface area contributed by atoms with Crippen molar-refractivity contribution < 1.29 is 4.74 Å². The van der Waals surface area contributed by atoms with Crippen LogP contribution in [0.3, 0.4) is 0 Å². The van der Waals surface area contributed by atoms with Crippen LogP contribution in [-0.2, 0) is 4.74 Å². The number of hydrogen-bond acceptors (Lipinski definition) is 4. The largest absolute Gasteiger partial charge is 0.379 e. The zero-order valence-corrected chi connectivity index (χ0v) is 17.7. The summed E-state index contributed by atoms with van der Waals surface area (Å²) < 4.78 is 5.65. The zero-order chi connectivity index (χ0) is 18.3. The van der Waals surface area contributed by atoms with Crippen molar-refractivity contribution in [2.75, 3.05) is 51.8 Å². The van der Waals surface area contributed by atoms with E-state index >= 15 is 0 Å². The molecule has 2 fully saturated rings. The Bertz CT molecular complexity index is 424. The van der Waals surface area contributed by atoms with Crippen molar-refractivity contribution in [1.29, 1.82) is 0 Å². The van der Waals surface area contributed by atoms with E-state index in [0.717, 1.165) is 19.0 Å². The van der Waals surface area contributed by atoms with E-state index in [9.17, 15) is 0 Å². The molecule has 0 aromatic carbocycles. The second kappa shape index (κ2) is 9.47. The summed E-state index contributed by atoms with van der Waals surface area (Å²) in [6.45, 7) is 10.8. The Kier molecular flexibility index (Phi) is 7.90. The van der Waals surface area contributed by atoms with Crippen LogP contribution in [0.4, 0.5) is 0 Å². The fourth-order valence-electron chi connectivity index (χ4n) is 4.08. The van der Waals surface area contributed by atoms with Gasteiger partial charge in [-0.05, 0) is 18.3 Å². The van der Waals surface area contributed by atoms with Crippen LogP contribution in [0.1, 0.15) is 46.5 Å². The Morgan fingerprint density at radius 1 is 1.20 bits per heavy atom. The van der Waals surface area contributed by atoms with Crippen molar-refractivity contribution in [3.05, 3.63) is 0 Å². The van der Waals surface area contributed by atoms with E-state index in [1.165, 1.54) is 50.3 Å². The predicted octanol–water partition coefficient (Wildman–Crippen LogP) is 2.57. The lowest BCUT2D eigenvalue weighted by Crippen LogP contribution is -2.58. The van der Waals surface area contributed by atoms with Crippen LogP contribution in [0.15, 0.2) is 4.99 Å². The average molecular weight is 371 g/mol. The highest BCUT2D eigenvalue weighted by atomic mass is 32.2. The van der Waals surface area contributed by atoms with Gasteiger partial charge in [0.2, 0.25) is 0 Å². The van der Waals surface area contributed by atoms with E-state index in [2.05, 4.69) is 53.1 Å². The first kappa shape index (κ1) is 20.8. The smallest absolute Gasteiger partial charge is 0.191 e. The number of rotatable bonds is 6. The molecule has 5 nitrogen and oxygen atoms in total. The molecule has 0 aromatic rings. The lowest BCUT2D eigenvalue weighted by molar-refractivity contribution is 0.0204. The summed E-state index contributed by atoms with van der Waals surface area (Å²) in [4.78, 5) is 7.17. The van der Waals surface area contributed by atoms with Gasteiger partial charge in [0.15, 0.2) is 5.96 Å². The van der Waals surface area contributed by atoms with Crippen molar-refractivity contribution in [1.82, 2.24) is 15.5 Å². The van der Waals surface area contributed by atoms with E-state index in [1.807, 2.05) is 7.05 Å². The summed E-state index contributed by atoms with van der Waals surface area (Å²) in [5.74, 6) is 3.44. The third kappa shape index (κ3) is 5.76. The third-order valence-corrected chi connectivity index (χ3v) is 6.67. The number of nitrogens with one attached hydrogen (secondary N) is 2. The lowest BCUT2D eigenvalue weighted by Gasteiger charge is -2.43. The summed E-state index contributed by atoms with van der Waals surface area (Å²) in [6, 6.07) is 0. The van der Waals surface area contributed by atoms with Gasteiger partial charge in [-0.1, -0.05) is 33.6 Å². The molecule has 25 heavy (non-hydrogen) atoms. The molecule has 6 heteroatoms. The van der Waals surface area contributed by atoms with E-state index in [-0.39, 0.29) is 11.5 Å². The highest BCUT2D eigenvalue weighted by Crippen LogP contribution is 2.36. The number of ether oxygens (including phenoxy) is 1. The van der Waals surface area contributed by atoms with Crippen molar-refractivity contribution in [3.63, 3.8) is 0 Å². The first-order valence-electron chi connectivity index (χ1n) is 9.71. The summed E-state index contributed by atoms with van der Waals surface area (Å²) >= 11 is 2.09. The van der Waals surface area contributed by atoms with Crippen LogP contribution in [0, 0.1) is 5.41 Å². The summed E-state index contributed by atoms with van der Waals surface area (Å²) in [6.07, 6.45) is 5.49. The van der Waals surface area contributed by atoms with Crippen LogP contribution >= 0.6 is 11.8 Å². The van der Waals surface area contributed by atoms with Crippen molar-refractivity contribution in [2.45, 2.75) is 58.1 Å². The maximum Gasteiger partial charge on any atom is 0.191 e. The van der Waals surface area contributed by atoms with Crippen LogP contribution in [0.25, 0.3) is 0 Å². The second-order valence-corrected chi connectivity index (χ2v) is 9.65. The van der Waals surface area contributed by atoms with Crippen LogP contribution in [0.2, 0.25) is 0 Å². The molecule has 1 aliphatic carbocycles. The van der Waals surface area contributed by atoms with E-state index in [4.69, 9.17) is 4.74 Å². The number of thioether (sulfide) groups is 1. The van der Waals surface area contributed by atoms with Gasteiger partial charge in [-0.3, -0.25) is 9.89 Å². The molecular weight excluding hydrogens is 332 g/mol. The fraction of sp³-hybridized carbons (Fsp3) is 0.947. The summed E-state index contributed by atoms with van der Waals surface area (Å²) in [5, 5.41) is 7.08. The monoisotopic (exact) mass is 370 g/mol. The molecule has 0 amide bonds. The lowest BCUT2D eigenvalue weighted by atomic mass is 9.89. The van der Waals surface area contributed by atoms with Crippen LogP contribution in [-0.4, -0.2) is 74.3 Å². The predicted molar refractivity (Wildman–Crippen MR) is 110 cm³/mol. The van der Waals surface area contributed by atoms with Crippen LogP contribution < -0.4 is 10.6 Å². The normalized spacial score (nSPS) is 23.5. The summed E-state index contributed by atoms with van der Waals surface area (Å²) in [5.41, 5.74) is 0.433. The van der Waals surface area contributed by atoms with E-state index in [0.29, 0.717) is 5.54 Å². The SMILES string of the molecule is CN=C(NCC(OC)C(C)(C)C)NCC1(N2CCSCC2)CCCC1. The number of aliphatic imine (C=N–C) groups is 1. The first-order valence-corrected chi connectivity index (χ1v) is 10.9. The maximum absolute atomic E-state index is 5.65. The molecule has 1 saturated carbocycles. The Balaban J connectivity index is 1.89. The molecule has 0 radical (unpaired) electrons. The van der Waals surface area contributed by atoms with Gasteiger partial charge in [0.1, 0.15) is 0 Å². The van der Waals surface area contributed by atoms with Gasteiger partial charge in [-0.15, -0.1) is 0 Å². The molecule has 0 spiro atoms. The van der Waals surface area contributed by atoms with E-state index in [1.54, 1.807) is 7.11 Å². The van der Waals surface area contributed by atoms with Gasteiger partial charge in [-0.2, -0.15) is 11.8 Å². The number of guanidine groups is 1. The molecule has 1 saturated heterocycles. The number of nitrogens with zero attached hydrogens (tertiary/aromatic N) is 2. The quantitative estimate of drug-likeness (QED) is 0.556. The highest BCUT2D eigenvalue weighted by molar-refractivity contribution is 7.99. The average Bonchev–Trinajstić information content (AvgIpc) is 3.08. The topological polar surface area (TPSA) is 48.9 Å². The molecule has 1 unspecified atom stereocenters. The highest BCUT2D eigenvalue weighted by Gasteiger charge is 2.40. The Morgan fingerprint density at radius 3 is 2.36 bits per heavy atom. The minimum absolute atomic E-state index is 0.110. The molecule has 2 rings (SSSR count). The molecule has 2 N–H and O–H groups in total. The molecule has 146 valence electrons. The molecular formula is C19H38N4OS. The maximum atomic E-state index is 5.65. The van der Waals surface area contributed by atoms with Crippen molar-refractivity contribution in [3.8, 4) is 0 Å². The van der Waals surface area contributed by atoms with Gasteiger partial charge in [0, 0.05) is 57.4 Å². The van der Waals surface area contributed by atoms with Gasteiger partial charge >= 0.3 is 0 Å². The third-order valence-electron chi connectivity index (χ3n) is 5.73. The standard InChI is InChI=1S/C19H38N4OS/c1-18(2,3)16(24-5)14-21-17(20-4)22-15-19(8-6-7-9-19)23-10-12-25-13-11-23/h16H,6-15H2,1-5H3,(H2,20,21,22). The Labute approximate surface area is 158 Å². The Morgan fingerprint density at radius 2 is 1.84 bits per heavy atom. The van der Waals surface area contributed by atoms with Crippen LogP contribution in [0.5, 0.6) is 0 Å². The molecule has 1 heterocycles. The van der Waals surface area contributed by atoms with Crippen molar-refractivity contribution in [2.24, 2.45) is 10.4 Å². The van der Waals surface area contributed by atoms with Gasteiger partial charge in [0.05, 0.1) is 6.10 Å². The first-order chi connectivity index (χ1) is 11.9. The van der Waals surface area contributed by atoms with Gasteiger partial charge < -0.3 is 15.4 Å². The minimum atomic E-state index is 0.110.